The molecule has 0 bridgehead atoms. The maximum absolute atomic E-state index is 12.8. The third kappa shape index (κ3) is 3.21. The van der Waals surface area contributed by atoms with Gasteiger partial charge in [0, 0.05) is 33.2 Å². The topological polar surface area (TPSA) is 69.7 Å². The van der Waals surface area contributed by atoms with Gasteiger partial charge < -0.3 is 10.2 Å². The summed E-state index contributed by atoms with van der Waals surface area (Å²) in [6.07, 6.45) is 1.26. The largest absolute Gasteiger partial charge is 0.341 e. The molecule has 23 heavy (non-hydrogen) atoms. The summed E-state index contributed by atoms with van der Waals surface area (Å²) in [5.41, 5.74) is 1.01. The third-order valence-electron chi connectivity index (χ3n) is 4.86. The summed E-state index contributed by atoms with van der Waals surface area (Å²) >= 11 is 0. The molecule has 2 aliphatic rings. The number of sulfonamides is 1. The number of nitrogens with one attached hydrogen (secondary N) is 1. The molecule has 2 heterocycles. The molecular formula is C16H23N3O3S. The van der Waals surface area contributed by atoms with Gasteiger partial charge in [0.2, 0.25) is 10.0 Å². The second kappa shape index (κ2) is 6.49. The molecule has 1 aromatic rings. The number of amides is 2. The van der Waals surface area contributed by atoms with E-state index in [0.29, 0.717) is 32.6 Å². The van der Waals surface area contributed by atoms with Crippen molar-refractivity contribution in [1.29, 1.82) is 0 Å². The number of likely N-dealkylation sites (tertiary alicyclic amines) is 1. The summed E-state index contributed by atoms with van der Waals surface area (Å²) in [5, 5.41) is 2.26. The zero-order valence-electron chi connectivity index (χ0n) is 13.3. The zero-order chi connectivity index (χ0) is 16.4. The quantitative estimate of drug-likeness (QED) is 0.883. The lowest BCUT2D eigenvalue weighted by molar-refractivity contribution is 0.201. The molecule has 1 aromatic carbocycles. The molecule has 2 fully saturated rings. The lowest BCUT2D eigenvalue weighted by atomic mass is 10.0. The number of carbonyl (C=O) groups excluding carboxylic acids is 1. The molecule has 0 radical (unpaired) electrons. The van der Waals surface area contributed by atoms with E-state index in [4.69, 9.17) is 0 Å². The number of carbonyl (C=O) groups is 1. The van der Waals surface area contributed by atoms with Crippen LogP contribution in [0.2, 0.25) is 0 Å². The molecule has 0 aliphatic carbocycles. The Morgan fingerprint density at radius 2 is 1.91 bits per heavy atom. The van der Waals surface area contributed by atoms with Crippen LogP contribution in [0.25, 0.3) is 0 Å². The van der Waals surface area contributed by atoms with Gasteiger partial charge in [0.1, 0.15) is 0 Å². The molecule has 0 aromatic heterocycles. The van der Waals surface area contributed by atoms with Gasteiger partial charge in [-0.3, -0.25) is 0 Å². The highest BCUT2D eigenvalue weighted by Crippen LogP contribution is 2.35. The van der Waals surface area contributed by atoms with Gasteiger partial charge in [0.25, 0.3) is 0 Å². The van der Waals surface area contributed by atoms with Crippen molar-refractivity contribution in [1.82, 2.24) is 14.5 Å². The van der Waals surface area contributed by atoms with Crippen molar-refractivity contribution in [3.63, 3.8) is 0 Å². The van der Waals surface area contributed by atoms with Crippen LogP contribution in [0.1, 0.15) is 18.4 Å². The minimum atomic E-state index is -3.29. The van der Waals surface area contributed by atoms with Crippen LogP contribution >= 0.6 is 0 Å². The predicted molar refractivity (Wildman–Crippen MR) is 88.3 cm³/mol. The number of benzene rings is 1. The van der Waals surface area contributed by atoms with E-state index in [9.17, 15) is 13.2 Å². The first-order chi connectivity index (χ1) is 11.0. The molecule has 2 amide bonds. The molecule has 1 N–H and O–H groups in total. The van der Waals surface area contributed by atoms with Gasteiger partial charge in [0.15, 0.2) is 0 Å². The molecule has 0 unspecified atom stereocenters. The summed E-state index contributed by atoms with van der Waals surface area (Å²) in [7, 11) is -1.69. The Morgan fingerprint density at radius 1 is 1.22 bits per heavy atom. The fourth-order valence-corrected chi connectivity index (χ4v) is 5.82. The van der Waals surface area contributed by atoms with Gasteiger partial charge in [-0.05, 0) is 24.3 Å². The van der Waals surface area contributed by atoms with Gasteiger partial charge in [-0.1, -0.05) is 30.3 Å². The van der Waals surface area contributed by atoms with E-state index >= 15 is 0 Å². The molecule has 126 valence electrons. The Morgan fingerprint density at radius 3 is 2.61 bits per heavy atom. The summed E-state index contributed by atoms with van der Waals surface area (Å²) in [6, 6.07) is 9.57. The van der Waals surface area contributed by atoms with Crippen molar-refractivity contribution >= 4 is 16.1 Å². The second-order valence-corrected chi connectivity index (χ2v) is 8.39. The van der Waals surface area contributed by atoms with Crippen LogP contribution in [0.15, 0.2) is 30.3 Å². The average molecular weight is 337 g/mol. The molecule has 2 saturated heterocycles. The first-order valence-electron chi connectivity index (χ1n) is 8.02. The van der Waals surface area contributed by atoms with Crippen LogP contribution in [0.3, 0.4) is 0 Å². The normalized spacial score (nSPS) is 27.3. The highest BCUT2D eigenvalue weighted by molar-refractivity contribution is 7.90. The van der Waals surface area contributed by atoms with Gasteiger partial charge in [-0.15, -0.1) is 0 Å². The van der Waals surface area contributed by atoms with Crippen LogP contribution in [-0.2, 0) is 16.6 Å². The van der Waals surface area contributed by atoms with E-state index in [1.807, 2.05) is 30.3 Å². The number of urea groups is 1. The lowest BCUT2D eigenvalue weighted by Gasteiger charge is -2.21. The average Bonchev–Trinajstić information content (AvgIpc) is 2.71. The standard InChI is InChI=1S/C16H23N3O3S/c1-17-16(20)18-9-7-14-12-19(11-13-5-3-2-4-6-13)23(21,22)15(14)8-10-18/h2-6,14-15H,7-12H2,1H3,(H,17,20)/t14-,15-/m1/s1. The van der Waals surface area contributed by atoms with Crippen molar-refractivity contribution in [2.75, 3.05) is 26.7 Å². The molecule has 6 nitrogen and oxygen atoms in total. The van der Waals surface area contributed by atoms with Crippen molar-refractivity contribution in [3.8, 4) is 0 Å². The van der Waals surface area contributed by atoms with E-state index in [0.717, 1.165) is 12.0 Å². The number of nitrogens with zero attached hydrogens (tertiary/aromatic N) is 2. The summed E-state index contributed by atoms with van der Waals surface area (Å²) in [6.45, 7) is 2.12. The molecule has 0 saturated carbocycles. The monoisotopic (exact) mass is 337 g/mol. The fourth-order valence-electron chi connectivity index (χ4n) is 3.60. The van der Waals surface area contributed by atoms with Crippen molar-refractivity contribution in [2.24, 2.45) is 5.92 Å². The molecular weight excluding hydrogens is 314 g/mol. The maximum atomic E-state index is 12.8. The van der Waals surface area contributed by atoms with Crippen molar-refractivity contribution in [3.05, 3.63) is 35.9 Å². The molecule has 7 heteroatoms. The minimum absolute atomic E-state index is 0.110. The minimum Gasteiger partial charge on any atom is -0.341 e. The maximum Gasteiger partial charge on any atom is 0.317 e. The Balaban J connectivity index is 1.73. The second-order valence-electron chi connectivity index (χ2n) is 6.24. The van der Waals surface area contributed by atoms with Crippen LogP contribution in [-0.4, -0.2) is 55.6 Å². The summed E-state index contributed by atoms with van der Waals surface area (Å²) < 4.78 is 27.3. The Kier molecular flexibility index (Phi) is 4.59. The number of hydrogen-bond donors (Lipinski definition) is 1. The lowest BCUT2D eigenvalue weighted by Crippen LogP contribution is -2.39. The van der Waals surface area contributed by atoms with Crippen LogP contribution in [0.4, 0.5) is 4.79 Å². The summed E-state index contributed by atoms with van der Waals surface area (Å²) in [5.74, 6) is 0.110. The van der Waals surface area contributed by atoms with Crippen LogP contribution in [0.5, 0.6) is 0 Å². The van der Waals surface area contributed by atoms with E-state index in [1.54, 1.807) is 16.3 Å². The van der Waals surface area contributed by atoms with E-state index in [-0.39, 0.29) is 17.2 Å². The van der Waals surface area contributed by atoms with Crippen molar-refractivity contribution < 1.29 is 13.2 Å². The highest BCUT2D eigenvalue weighted by Gasteiger charge is 2.47. The summed E-state index contributed by atoms with van der Waals surface area (Å²) in [4.78, 5) is 13.5. The zero-order valence-corrected chi connectivity index (χ0v) is 14.1. The van der Waals surface area contributed by atoms with Crippen molar-refractivity contribution in [2.45, 2.75) is 24.6 Å². The first-order valence-corrected chi connectivity index (χ1v) is 9.52. The number of fused-ring (bicyclic) bond motifs is 1. The van der Waals surface area contributed by atoms with Crippen LogP contribution < -0.4 is 5.32 Å². The fraction of sp³-hybridized carbons (Fsp3) is 0.562. The van der Waals surface area contributed by atoms with Gasteiger partial charge in [-0.2, -0.15) is 4.31 Å². The Labute approximate surface area is 137 Å². The highest BCUT2D eigenvalue weighted by atomic mass is 32.2. The smallest absolute Gasteiger partial charge is 0.317 e. The van der Waals surface area contributed by atoms with Gasteiger partial charge >= 0.3 is 6.03 Å². The SMILES string of the molecule is CNC(=O)N1CC[C@@H]2CN(Cc3ccccc3)S(=O)(=O)[C@@H]2CC1. The van der Waals surface area contributed by atoms with Gasteiger partial charge in [-0.25, -0.2) is 13.2 Å². The Bertz CT molecular complexity index is 662. The Hall–Kier alpha value is -1.60. The third-order valence-corrected chi connectivity index (χ3v) is 7.25. The molecule has 3 rings (SSSR count). The van der Waals surface area contributed by atoms with E-state index in [2.05, 4.69) is 5.32 Å². The predicted octanol–water partition coefficient (Wildman–Crippen LogP) is 1.25. The van der Waals surface area contributed by atoms with E-state index < -0.39 is 10.0 Å². The molecule has 2 atom stereocenters. The molecule has 0 spiro atoms. The van der Waals surface area contributed by atoms with Gasteiger partial charge in [0.05, 0.1) is 5.25 Å². The molecule has 2 aliphatic heterocycles. The first kappa shape index (κ1) is 16.3. The number of rotatable bonds is 2. The number of hydrogen-bond acceptors (Lipinski definition) is 3. The van der Waals surface area contributed by atoms with E-state index in [1.165, 1.54) is 0 Å². The van der Waals surface area contributed by atoms with Crippen LogP contribution in [0, 0.1) is 5.92 Å².